The molecule has 2 rings (SSSR count). The summed E-state index contributed by atoms with van der Waals surface area (Å²) in [4.78, 5) is 0.300. The first-order valence-corrected chi connectivity index (χ1v) is 10.5. The Balaban J connectivity index is 2.07. The number of thioether (sulfide) groups is 1. The summed E-state index contributed by atoms with van der Waals surface area (Å²) in [6.07, 6.45) is 6.80. The van der Waals surface area contributed by atoms with Crippen LogP contribution in [0.3, 0.4) is 0 Å². The van der Waals surface area contributed by atoms with Crippen molar-refractivity contribution in [2.45, 2.75) is 49.5 Å². The molecular formula is C16H25NO3S2. The lowest BCUT2D eigenvalue weighted by Gasteiger charge is -2.23. The standard InChI is InChI=1S/C16H25NO3S2/c1-16(18,9-10-21-2)12-17-22(19,20)15-8-7-13-5-3-4-6-14(13)11-15/h7-8,11,17-18H,3-6,9-10,12H2,1-2H3/t16-/m1/s1. The molecule has 1 aromatic rings. The second kappa shape index (κ2) is 7.34. The van der Waals surface area contributed by atoms with Gasteiger partial charge in [0.25, 0.3) is 0 Å². The number of sulfonamides is 1. The normalized spacial score (nSPS) is 17.8. The van der Waals surface area contributed by atoms with E-state index in [0.29, 0.717) is 11.3 Å². The Morgan fingerprint density at radius 3 is 2.64 bits per heavy atom. The summed E-state index contributed by atoms with van der Waals surface area (Å²) in [5.41, 5.74) is 1.38. The average Bonchev–Trinajstić information content (AvgIpc) is 2.51. The molecule has 124 valence electrons. The molecule has 0 unspecified atom stereocenters. The molecular weight excluding hydrogens is 318 g/mol. The van der Waals surface area contributed by atoms with Crippen molar-refractivity contribution in [2.24, 2.45) is 0 Å². The molecule has 1 atom stereocenters. The summed E-state index contributed by atoms with van der Waals surface area (Å²) in [5, 5.41) is 10.2. The quantitative estimate of drug-likeness (QED) is 0.797. The lowest BCUT2D eigenvalue weighted by Crippen LogP contribution is -2.41. The summed E-state index contributed by atoms with van der Waals surface area (Å²) in [6.45, 7) is 1.70. The maximum absolute atomic E-state index is 12.4. The van der Waals surface area contributed by atoms with Crippen molar-refractivity contribution < 1.29 is 13.5 Å². The van der Waals surface area contributed by atoms with Crippen LogP contribution in [0, 0.1) is 0 Å². The first-order valence-electron chi connectivity index (χ1n) is 7.67. The Hall–Kier alpha value is -0.560. The zero-order valence-electron chi connectivity index (χ0n) is 13.3. The monoisotopic (exact) mass is 343 g/mol. The van der Waals surface area contributed by atoms with Crippen LogP contribution in [0.2, 0.25) is 0 Å². The third-order valence-corrected chi connectivity index (χ3v) is 6.13. The minimum atomic E-state index is -3.57. The van der Waals surface area contributed by atoms with Crippen LogP contribution in [0.1, 0.15) is 37.3 Å². The van der Waals surface area contributed by atoms with Crippen molar-refractivity contribution in [1.29, 1.82) is 0 Å². The van der Waals surface area contributed by atoms with Gasteiger partial charge in [0, 0.05) is 6.54 Å². The molecule has 1 aliphatic rings. The van der Waals surface area contributed by atoms with E-state index in [-0.39, 0.29) is 6.54 Å². The van der Waals surface area contributed by atoms with Gasteiger partial charge in [0.1, 0.15) is 0 Å². The molecule has 0 heterocycles. The molecule has 2 N–H and O–H groups in total. The molecule has 1 aromatic carbocycles. The van der Waals surface area contributed by atoms with E-state index in [4.69, 9.17) is 0 Å². The van der Waals surface area contributed by atoms with Gasteiger partial charge < -0.3 is 5.11 Å². The van der Waals surface area contributed by atoms with Gasteiger partial charge in [0.2, 0.25) is 10.0 Å². The molecule has 0 aliphatic heterocycles. The lowest BCUT2D eigenvalue weighted by molar-refractivity contribution is 0.0626. The first kappa shape index (κ1) is 17.8. The molecule has 0 saturated carbocycles. The largest absolute Gasteiger partial charge is 0.389 e. The minimum Gasteiger partial charge on any atom is -0.389 e. The van der Waals surface area contributed by atoms with Gasteiger partial charge in [0.05, 0.1) is 10.5 Å². The van der Waals surface area contributed by atoms with Gasteiger partial charge in [-0.3, -0.25) is 0 Å². The highest BCUT2D eigenvalue weighted by Gasteiger charge is 2.24. The second-order valence-corrected chi connectivity index (χ2v) is 8.95. The number of hydrogen-bond acceptors (Lipinski definition) is 4. The Morgan fingerprint density at radius 2 is 1.95 bits per heavy atom. The predicted molar refractivity (Wildman–Crippen MR) is 91.9 cm³/mol. The van der Waals surface area contributed by atoms with Crippen molar-refractivity contribution in [3.05, 3.63) is 29.3 Å². The maximum Gasteiger partial charge on any atom is 0.240 e. The fourth-order valence-corrected chi connectivity index (χ4v) is 4.48. The van der Waals surface area contributed by atoms with E-state index >= 15 is 0 Å². The highest BCUT2D eigenvalue weighted by molar-refractivity contribution is 7.98. The molecule has 0 fully saturated rings. The van der Waals surface area contributed by atoms with Gasteiger partial charge in [-0.25, -0.2) is 13.1 Å². The minimum absolute atomic E-state index is 0.0347. The third-order valence-electron chi connectivity index (χ3n) is 4.12. The van der Waals surface area contributed by atoms with Crippen molar-refractivity contribution in [1.82, 2.24) is 4.72 Å². The Kier molecular flexibility index (Phi) is 5.94. The zero-order valence-corrected chi connectivity index (χ0v) is 14.9. The van der Waals surface area contributed by atoms with E-state index in [1.807, 2.05) is 12.3 Å². The number of fused-ring (bicyclic) bond motifs is 1. The lowest BCUT2D eigenvalue weighted by atomic mass is 9.92. The molecule has 0 radical (unpaired) electrons. The van der Waals surface area contributed by atoms with Crippen molar-refractivity contribution >= 4 is 21.8 Å². The van der Waals surface area contributed by atoms with Gasteiger partial charge in [-0.15, -0.1) is 0 Å². The fraction of sp³-hybridized carbons (Fsp3) is 0.625. The van der Waals surface area contributed by atoms with E-state index in [9.17, 15) is 13.5 Å². The van der Waals surface area contributed by atoms with E-state index in [1.165, 1.54) is 12.0 Å². The summed E-state index contributed by atoms with van der Waals surface area (Å²) >= 11 is 1.64. The van der Waals surface area contributed by atoms with Gasteiger partial charge in [-0.05, 0) is 74.3 Å². The smallest absolute Gasteiger partial charge is 0.240 e. The van der Waals surface area contributed by atoms with Gasteiger partial charge in [-0.2, -0.15) is 11.8 Å². The third kappa shape index (κ3) is 4.72. The summed E-state index contributed by atoms with van der Waals surface area (Å²) in [6, 6.07) is 5.38. The zero-order chi connectivity index (χ0) is 16.2. The van der Waals surface area contributed by atoms with E-state index in [0.717, 1.165) is 30.6 Å². The van der Waals surface area contributed by atoms with E-state index in [2.05, 4.69) is 4.72 Å². The van der Waals surface area contributed by atoms with Crippen LogP contribution < -0.4 is 4.72 Å². The highest BCUT2D eigenvalue weighted by Crippen LogP contribution is 2.24. The maximum atomic E-state index is 12.4. The molecule has 0 spiro atoms. The first-order chi connectivity index (χ1) is 10.3. The molecule has 1 aliphatic carbocycles. The molecule has 0 aromatic heterocycles. The van der Waals surface area contributed by atoms with Crippen LogP contribution in [0.15, 0.2) is 23.1 Å². The van der Waals surface area contributed by atoms with Gasteiger partial charge in [0.15, 0.2) is 0 Å². The van der Waals surface area contributed by atoms with Crippen LogP contribution in [-0.2, 0) is 22.9 Å². The Bertz CT molecular complexity index is 612. The second-order valence-electron chi connectivity index (χ2n) is 6.20. The van der Waals surface area contributed by atoms with E-state index in [1.54, 1.807) is 30.8 Å². The topological polar surface area (TPSA) is 66.4 Å². The van der Waals surface area contributed by atoms with Crippen LogP contribution in [-0.4, -0.2) is 37.7 Å². The van der Waals surface area contributed by atoms with Crippen molar-refractivity contribution in [3.63, 3.8) is 0 Å². The molecule has 6 heteroatoms. The van der Waals surface area contributed by atoms with Crippen molar-refractivity contribution in [2.75, 3.05) is 18.6 Å². The molecule has 0 amide bonds. The highest BCUT2D eigenvalue weighted by atomic mass is 32.2. The van der Waals surface area contributed by atoms with E-state index < -0.39 is 15.6 Å². The predicted octanol–water partition coefficient (Wildman–Crippen LogP) is 2.35. The average molecular weight is 344 g/mol. The number of rotatable bonds is 7. The number of benzene rings is 1. The van der Waals surface area contributed by atoms with Crippen molar-refractivity contribution in [3.8, 4) is 0 Å². The van der Waals surface area contributed by atoms with Crippen LogP contribution in [0.5, 0.6) is 0 Å². The molecule has 4 nitrogen and oxygen atoms in total. The number of aliphatic hydroxyl groups is 1. The molecule has 22 heavy (non-hydrogen) atoms. The number of hydrogen-bond donors (Lipinski definition) is 2. The number of nitrogens with one attached hydrogen (secondary N) is 1. The Labute approximate surface area is 137 Å². The SMILES string of the molecule is CSCC[C@@](C)(O)CNS(=O)(=O)c1ccc2c(c1)CCCC2. The summed E-state index contributed by atoms with van der Waals surface area (Å²) < 4.78 is 27.4. The molecule has 0 bridgehead atoms. The summed E-state index contributed by atoms with van der Waals surface area (Å²) in [7, 11) is -3.57. The van der Waals surface area contributed by atoms with Crippen LogP contribution >= 0.6 is 11.8 Å². The Morgan fingerprint density at radius 1 is 1.27 bits per heavy atom. The van der Waals surface area contributed by atoms with Gasteiger partial charge in [-0.1, -0.05) is 6.07 Å². The fourth-order valence-electron chi connectivity index (χ4n) is 2.62. The summed E-state index contributed by atoms with van der Waals surface area (Å²) in [5.74, 6) is 0.799. The number of aryl methyl sites for hydroxylation is 2. The van der Waals surface area contributed by atoms with Crippen LogP contribution in [0.4, 0.5) is 0 Å². The van der Waals surface area contributed by atoms with Crippen LogP contribution in [0.25, 0.3) is 0 Å². The van der Waals surface area contributed by atoms with Gasteiger partial charge >= 0.3 is 0 Å². The molecule has 0 saturated heterocycles.